The van der Waals surface area contributed by atoms with Crippen LogP contribution in [0.5, 0.6) is 0 Å². The van der Waals surface area contributed by atoms with Crippen LogP contribution in [-0.4, -0.2) is 53.7 Å². The molecule has 1 amide bonds. The number of aromatic nitrogens is 2. The van der Waals surface area contributed by atoms with Crippen molar-refractivity contribution < 1.29 is 4.79 Å². The van der Waals surface area contributed by atoms with E-state index in [1.807, 2.05) is 6.92 Å². The Bertz CT molecular complexity index is 420. The molecule has 2 rings (SSSR count). The van der Waals surface area contributed by atoms with E-state index in [-0.39, 0.29) is 5.91 Å². The highest BCUT2D eigenvalue weighted by atomic mass is 16.1. The van der Waals surface area contributed by atoms with Crippen LogP contribution in [0.1, 0.15) is 30.3 Å². The number of hydrogen-bond acceptors (Lipinski definition) is 5. The van der Waals surface area contributed by atoms with Crippen LogP contribution < -0.4 is 10.6 Å². The van der Waals surface area contributed by atoms with E-state index >= 15 is 0 Å². The maximum Gasteiger partial charge on any atom is 0.271 e. The summed E-state index contributed by atoms with van der Waals surface area (Å²) in [5.41, 5.74) is 0.363. The lowest BCUT2D eigenvalue weighted by atomic mass is 10.2. The SMILES string of the molecule is CCNc1ccc(C(=O)NCC2CCCN2C)nn1. The Morgan fingerprint density at radius 3 is 2.89 bits per heavy atom. The van der Waals surface area contributed by atoms with Gasteiger partial charge in [-0.2, -0.15) is 0 Å². The predicted molar refractivity (Wildman–Crippen MR) is 74.2 cm³/mol. The molecule has 1 aromatic heterocycles. The van der Waals surface area contributed by atoms with E-state index in [0.717, 1.165) is 19.5 Å². The van der Waals surface area contributed by atoms with Gasteiger partial charge in [0.05, 0.1) is 0 Å². The Kier molecular flexibility index (Phi) is 4.68. The van der Waals surface area contributed by atoms with Crippen molar-refractivity contribution in [3.63, 3.8) is 0 Å². The van der Waals surface area contributed by atoms with Gasteiger partial charge in [-0.05, 0) is 45.5 Å². The zero-order chi connectivity index (χ0) is 13.7. The van der Waals surface area contributed by atoms with Gasteiger partial charge in [0.15, 0.2) is 5.69 Å². The van der Waals surface area contributed by atoms with Gasteiger partial charge in [-0.25, -0.2) is 0 Å². The summed E-state index contributed by atoms with van der Waals surface area (Å²) in [7, 11) is 2.09. The minimum absolute atomic E-state index is 0.157. The smallest absolute Gasteiger partial charge is 0.271 e. The molecule has 0 spiro atoms. The number of hydrogen-bond donors (Lipinski definition) is 2. The molecule has 6 nitrogen and oxygen atoms in total. The Labute approximate surface area is 113 Å². The lowest BCUT2D eigenvalue weighted by molar-refractivity contribution is 0.0937. The number of likely N-dealkylation sites (N-methyl/N-ethyl adjacent to an activating group) is 1. The summed E-state index contributed by atoms with van der Waals surface area (Å²) in [6, 6.07) is 3.91. The Morgan fingerprint density at radius 2 is 2.32 bits per heavy atom. The van der Waals surface area contributed by atoms with E-state index in [1.54, 1.807) is 12.1 Å². The molecule has 0 bridgehead atoms. The fourth-order valence-electron chi connectivity index (χ4n) is 2.27. The molecule has 0 radical (unpaired) electrons. The fraction of sp³-hybridized carbons (Fsp3) is 0.615. The molecule has 1 aliphatic rings. The summed E-state index contributed by atoms with van der Waals surface area (Å²) in [6.07, 6.45) is 2.34. The molecule has 19 heavy (non-hydrogen) atoms. The van der Waals surface area contributed by atoms with Crippen LogP contribution in [0.4, 0.5) is 5.82 Å². The van der Waals surface area contributed by atoms with E-state index < -0.39 is 0 Å². The van der Waals surface area contributed by atoms with Gasteiger partial charge >= 0.3 is 0 Å². The summed E-state index contributed by atoms with van der Waals surface area (Å²) in [5, 5.41) is 13.8. The maximum atomic E-state index is 11.9. The number of anilines is 1. The fourth-order valence-corrected chi connectivity index (χ4v) is 2.27. The second-order valence-corrected chi connectivity index (χ2v) is 4.82. The molecule has 1 aromatic rings. The monoisotopic (exact) mass is 263 g/mol. The third-order valence-corrected chi connectivity index (χ3v) is 3.42. The molecule has 1 atom stereocenters. The van der Waals surface area contributed by atoms with Gasteiger partial charge in [0, 0.05) is 19.1 Å². The van der Waals surface area contributed by atoms with Crippen LogP contribution >= 0.6 is 0 Å². The third kappa shape index (κ3) is 3.64. The average molecular weight is 263 g/mol. The molecule has 1 fully saturated rings. The van der Waals surface area contributed by atoms with E-state index in [4.69, 9.17) is 0 Å². The summed E-state index contributed by atoms with van der Waals surface area (Å²) >= 11 is 0. The number of carbonyl (C=O) groups excluding carboxylic acids is 1. The average Bonchev–Trinajstić information content (AvgIpc) is 2.83. The number of likely N-dealkylation sites (tertiary alicyclic amines) is 1. The highest BCUT2D eigenvalue weighted by molar-refractivity contribution is 5.92. The van der Waals surface area contributed by atoms with Gasteiger partial charge < -0.3 is 15.5 Å². The van der Waals surface area contributed by atoms with Crippen molar-refractivity contribution in [2.24, 2.45) is 0 Å². The number of carbonyl (C=O) groups is 1. The Balaban J connectivity index is 1.85. The minimum atomic E-state index is -0.157. The second-order valence-electron chi connectivity index (χ2n) is 4.82. The molecule has 2 N–H and O–H groups in total. The first-order valence-electron chi connectivity index (χ1n) is 6.76. The molecule has 0 aliphatic carbocycles. The first kappa shape index (κ1) is 13.7. The summed E-state index contributed by atoms with van der Waals surface area (Å²) in [4.78, 5) is 14.2. The lowest BCUT2D eigenvalue weighted by Gasteiger charge is -2.19. The normalized spacial score (nSPS) is 19.4. The molecule has 6 heteroatoms. The number of amides is 1. The van der Waals surface area contributed by atoms with Gasteiger partial charge in [0.2, 0.25) is 0 Å². The van der Waals surface area contributed by atoms with Crippen molar-refractivity contribution in [1.29, 1.82) is 0 Å². The lowest BCUT2D eigenvalue weighted by Crippen LogP contribution is -2.38. The van der Waals surface area contributed by atoms with Gasteiger partial charge in [-0.1, -0.05) is 0 Å². The van der Waals surface area contributed by atoms with Gasteiger partial charge in [-0.15, -0.1) is 10.2 Å². The molecule has 2 heterocycles. The van der Waals surface area contributed by atoms with E-state index in [2.05, 4.69) is 32.8 Å². The zero-order valence-electron chi connectivity index (χ0n) is 11.5. The Hall–Kier alpha value is -1.69. The quantitative estimate of drug-likeness (QED) is 0.819. The summed E-state index contributed by atoms with van der Waals surface area (Å²) in [5.74, 6) is 0.533. The Morgan fingerprint density at radius 1 is 1.47 bits per heavy atom. The van der Waals surface area contributed by atoms with Crippen molar-refractivity contribution in [3.8, 4) is 0 Å². The minimum Gasteiger partial charge on any atom is -0.369 e. The van der Waals surface area contributed by atoms with Crippen LogP contribution in [0.2, 0.25) is 0 Å². The largest absolute Gasteiger partial charge is 0.369 e. The first-order chi connectivity index (χ1) is 9.20. The number of nitrogens with zero attached hydrogens (tertiary/aromatic N) is 3. The molecule has 0 aromatic carbocycles. The van der Waals surface area contributed by atoms with Crippen LogP contribution in [0.25, 0.3) is 0 Å². The van der Waals surface area contributed by atoms with Crippen LogP contribution in [0, 0.1) is 0 Å². The predicted octanol–water partition coefficient (Wildman–Crippen LogP) is 0.732. The second kappa shape index (κ2) is 6.47. The van der Waals surface area contributed by atoms with Crippen LogP contribution in [-0.2, 0) is 0 Å². The topological polar surface area (TPSA) is 70.2 Å². The van der Waals surface area contributed by atoms with E-state index in [9.17, 15) is 4.79 Å². The van der Waals surface area contributed by atoms with Gasteiger partial charge in [0.25, 0.3) is 5.91 Å². The molecule has 1 saturated heterocycles. The van der Waals surface area contributed by atoms with E-state index in [0.29, 0.717) is 24.1 Å². The number of nitrogens with one attached hydrogen (secondary N) is 2. The highest BCUT2D eigenvalue weighted by Crippen LogP contribution is 2.13. The van der Waals surface area contributed by atoms with Crippen LogP contribution in [0.15, 0.2) is 12.1 Å². The van der Waals surface area contributed by atoms with E-state index in [1.165, 1.54) is 6.42 Å². The molecule has 1 unspecified atom stereocenters. The van der Waals surface area contributed by atoms with Crippen molar-refractivity contribution in [2.75, 3.05) is 32.0 Å². The third-order valence-electron chi connectivity index (χ3n) is 3.42. The van der Waals surface area contributed by atoms with Crippen LogP contribution in [0.3, 0.4) is 0 Å². The maximum absolute atomic E-state index is 11.9. The van der Waals surface area contributed by atoms with Gasteiger partial charge in [0.1, 0.15) is 5.82 Å². The first-order valence-corrected chi connectivity index (χ1v) is 6.76. The van der Waals surface area contributed by atoms with Crippen molar-refractivity contribution in [1.82, 2.24) is 20.4 Å². The van der Waals surface area contributed by atoms with Crippen molar-refractivity contribution in [3.05, 3.63) is 17.8 Å². The summed E-state index contributed by atoms with van der Waals surface area (Å²) in [6.45, 7) is 4.55. The highest BCUT2D eigenvalue weighted by Gasteiger charge is 2.21. The summed E-state index contributed by atoms with van der Waals surface area (Å²) < 4.78 is 0. The molecule has 104 valence electrons. The molecule has 0 saturated carbocycles. The van der Waals surface area contributed by atoms with Gasteiger partial charge in [-0.3, -0.25) is 4.79 Å². The van der Waals surface area contributed by atoms with Crippen molar-refractivity contribution in [2.45, 2.75) is 25.8 Å². The van der Waals surface area contributed by atoms with Crippen molar-refractivity contribution >= 4 is 11.7 Å². The number of rotatable bonds is 5. The standard InChI is InChI=1S/C13H21N5O/c1-3-14-12-7-6-11(16-17-12)13(19)15-9-10-5-4-8-18(10)2/h6-7,10H,3-5,8-9H2,1-2H3,(H,14,17)(H,15,19). The molecular formula is C13H21N5O. The zero-order valence-corrected chi connectivity index (χ0v) is 11.5. The molecular weight excluding hydrogens is 242 g/mol. The molecule has 1 aliphatic heterocycles.